The number of phenols is 1. The maximum atomic E-state index is 12.3. The predicted molar refractivity (Wildman–Crippen MR) is 108 cm³/mol. The highest BCUT2D eigenvalue weighted by Gasteiger charge is 2.12. The second kappa shape index (κ2) is 7.84. The number of hydrogen-bond acceptors (Lipinski definition) is 3. The maximum absolute atomic E-state index is 12.3. The van der Waals surface area contributed by atoms with Crippen molar-refractivity contribution in [3.05, 3.63) is 71.8 Å². The van der Waals surface area contributed by atoms with Gasteiger partial charge in [0.2, 0.25) is 0 Å². The van der Waals surface area contributed by atoms with Crippen LogP contribution in [0.4, 0.5) is 5.69 Å². The molecule has 0 unspecified atom stereocenters. The summed E-state index contributed by atoms with van der Waals surface area (Å²) in [6.45, 7) is 2.09. The topological polar surface area (TPSA) is 73.4 Å². The van der Waals surface area contributed by atoms with E-state index in [9.17, 15) is 9.90 Å². The third-order valence-corrected chi connectivity index (χ3v) is 4.22. The van der Waals surface area contributed by atoms with Gasteiger partial charge in [-0.1, -0.05) is 43.3 Å². The molecule has 0 bridgehead atoms. The van der Waals surface area contributed by atoms with Gasteiger partial charge in [-0.25, -0.2) is 0 Å². The second-order valence-electron chi connectivity index (χ2n) is 5.80. The van der Waals surface area contributed by atoms with Crippen LogP contribution >= 0.6 is 12.2 Å². The first-order chi connectivity index (χ1) is 12.6. The summed E-state index contributed by atoms with van der Waals surface area (Å²) in [6.07, 6.45) is 0.967. The molecular formula is C20H19N3O2S. The average Bonchev–Trinajstić information content (AvgIpc) is 2.66. The Labute approximate surface area is 157 Å². The summed E-state index contributed by atoms with van der Waals surface area (Å²) in [4.78, 5) is 12.3. The molecule has 0 fully saturated rings. The molecule has 3 aromatic rings. The summed E-state index contributed by atoms with van der Waals surface area (Å²) >= 11 is 5.18. The molecule has 0 heterocycles. The van der Waals surface area contributed by atoms with Gasteiger partial charge in [-0.05, 0) is 59.2 Å². The molecule has 0 spiro atoms. The number of amides is 1. The number of fused-ring (bicyclic) bond motifs is 1. The van der Waals surface area contributed by atoms with E-state index in [1.807, 2.05) is 48.5 Å². The Balaban J connectivity index is 1.62. The van der Waals surface area contributed by atoms with E-state index in [1.165, 1.54) is 5.56 Å². The largest absolute Gasteiger partial charge is 0.507 e. The number of carbonyl (C=O) groups is 1. The third-order valence-electron chi connectivity index (χ3n) is 4.02. The molecule has 0 aromatic heterocycles. The van der Waals surface area contributed by atoms with Gasteiger partial charge in [-0.2, -0.15) is 0 Å². The molecule has 5 nitrogen and oxygen atoms in total. The normalized spacial score (nSPS) is 10.3. The molecule has 3 aromatic carbocycles. The van der Waals surface area contributed by atoms with Crippen LogP contribution in [0, 0.1) is 0 Å². The Morgan fingerprint density at radius 1 is 1.00 bits per heavy atom. The van der Waals surface area contributed by atoms with E-state index < -0.39 is 5.91 Å². The van der Waals surface area contributed by atoms with Crippen molar-refractivity contribution in [2.45, 2.75) is 13.3 Å². The predicted octanol–water partition coefficient (Wildman–Crippen LogP) is 3.74. The summed E-state index contributed by atoms with van der Waals surface area (Å²) in [5.74, 6) is -0.559. The molecule has 0 aliphatic rings. The summed E-state index contributed by atoms with van der Waals surface area (Å²) < 4.78 is 0. The SMILES string of the molecule is CCc1ccc(NC(=S)NNC(=O)c2cc3ccccc3cc2O)cc1. The van der Waals surface area contributed by atoms with Crippen LogP contribution in [0.5, 0.6) is 5.75 Å². The molecule has 0 saturated carbocycles. The smallest absolute Gasteiger partial charge is 0.273 e. The van der Waals surface area contributed by atoms with Crippen LogP contribution in [0.15, 0.2) is 60.7 Å². The van der Waals surface area contributed by atoms with Crippen LogP contribution in [-0.4, -0.2) is 16.1 Å². The Bertz CT molecular complexity index is 955. The van der Waals surface area contributed by atoms with Crippen molar-refractivity contribution < 1.29 is 9.90 Å². The number of aryl methyl sites for hydroxylation is 1. The Kier molecular flexibility index (Phi) is 5.34. The Morgan fingerprint density at radius 2 is 1.65 bits per heavy atom. The van der Waals surface area contributed by atoms with E-state index in [2.05, 4.69) is 23.1 Å². The number of anilines is 1. The zero-order valence-electron chi connectivity index (χ0n) is 14.2. The van der Waals surface area contributed by atoms with Crippen molar-refractivity contribution in [1.29, 1.82) is 0 Å². The number of aromatic hydroxyl groups is 1. The van der Waals surface area contributed by atoms with E-state index in [1.54, 1.807) is 12.1 Å². The van der Waals surface area contributed by atoms with E-state index in [0.717, 1.165) is 22.9 Å². The summed E-state index contributed by atoms with van der Waals surface area (Å²) in [7, 11) is 0. The lowest BCUT2D eigenvalue weighted by atomic mass is 10.1. The Hall–Kier alpha value is -3.12. The van der Waals surface area contributed by atoms with Crippen LogP contribution in [0.1, 0.15) is 22.8 Å². The first-order valence-electron chi connectivity index (χ1n) is 8.25. The van der Waals surface area contributed by atoms with Crippen molar-refractivity contribution in [1.82, 2.24) is 10.9 Å². The molecule has 0 aliphatic carbocycles. The second-order valence-corrected chi connectivity index (χ2v) is 6.21. The molecule has 26 heavy (non-hydrogen) atoms. The van der Waals surface area contributed by atoms with Crippen molar-refractivity contribution in [3.8, 4) is 5.75 Å². The lowest BCUT2D eigenvalue weighted by Crippen LogP contribution is -2.43. The molecule has 0 atom stereocenters. The van der Waals surface area contributed by atoms with Gasteiger partial charge in [0.1, 0.15) is 5.75 Å². The van der Waals surface area contributed by atoms with E-state index in [0.29, 0.717) is 0 Å². The molecule has 1 amide bonds. The molecule has 4 N–H and O–H groups in total. The molecule has 0 aliphatic heterocycles. The molecule has 3 rings (SSSR count). The van der Waals surface area contributed by atoms with Gasteiger partial charge >= 0.3 is 0 Å². The van der Waals surface area contributed by atoms with Gasteiger partial charge < -0.3 is 10.4 Å². The monoisotopic (exact) mass is 365 g/mol. The molecule has 0 saturated heterocycles. The number of nitrogens with one attached hydrogen (secondary N) is 3. The zero-order valence-corrected chi connectivity index (χ0v) is 15.1. The van der Waals surface area contributed by atoms with E-state index in [4.69, 9.17) is 12.2 Å². The highest BCUT2D eigenvalue weighted by Crippen LogP contribution is 2.24. The fourth-order valence-corrected chi connectivity index (χ4v) is 2.75. The number of phenolic OH excluding ortho intramolecular Hbond substituents is 1. The lowest BCUT2D eigenvalue weighted by Gasteiger charge is -2.13. The van der Waals surface area contributed by atoms with Crippen molar-refractivity contribution in [2.24, 2.45) is 0 Å². The van der Waals surface area contributed by atoms with Crippen molar-refractivity contribution in [2.75, 3.05) is 5.32 Å². The van der Waals surface area contributed by atoms with Crippen LogP contribution in [0.25, 0.3) is 10.8 Å². The fraction of sp³-hybridized carbons (Fsp3) is 0.100. The maximum Gasteiger partial charge on any atom is 0.273 e. The van der Waals surface area contributed by atoms with Crippen molar-refractivity contribution >= 4 is 39.7 Å². The van der Waals surface area contributed by atoms with E-state index >= 15 is 0 Å². The number of hydrogen-bond donors (Lipinski definition) is 4. The van der Waals surface area contributed by atoms with Gasteiger partial charge in [0.05, 0.1) is 5.56 Å². The summed E-state index contributed by atoms with van der Waals surface area (Å²) in [5.41, 5.74) is 7.36. The molecule has 6 heteroatoms. The number of thiocarbonyl (C=S) groups is 1. The molecule has 132 valence electrons. The summed E-state index contributed by atoms with van der Waals surface area (Å²) in [5, 5.41) is 15.1. The molecule has 0 radical (unpaired) electrons. The highest BCUT2D eigenvalue weighted by atomic mass is 32.1. The van der Waals surface area contributed by atoms with E-state index in [-0.39, 0.29) is 16.4 Å². The van der Waals surface area contributed by atoms with Crippen LogP contribution in [0.3, 0.4) is 0 Å². The lowest BCUT2D eigenvalue weighted by molar-refractivity contribution is 0.0941. The highest BCUT2D eigenvalue weighted by molar-refractivity contribution is 7.80. The molecular weight excluding hydrogens is 346 g/mol. The minimum absolute atomic E-state index is 0.0861. The van der Waals surface area contributed by atoms with Gasteiger partial charge in [-0.3, -0.25) is 15.6 Å². The third kappa shape index (κ3) is 4.10. The van der Waals surface area contributed by atoms with Crippen molar-refractivity contribution in [3.63, 3.8) is 0 Å². The first kappa shape index (κ1) is 17.7. The average molecular weight is 365 g/mol. The minimum Gasteiger partial charge on any atom is -0.507 e. The minimum atomic E-state index is -0.473. The van der Waals surface area contributed by atoms with Crippen LogP contribution in [0.2, 0.25) is 0 Å². The first-order valence-corrected chi connectivity index (χ1v) is 8.65. The number of benzene rings is 3. The van der Waals surface area contributed by atoms with Gasteiger partial charge in [0, 0.05) is 5.69 Å². The van der Waals surface area contributed by atoms with Gasteiger partial charge in [0.25, 0.3) is 5.91 Å². The zero-order chi connectivity index (χ0) is 18.5. The Morgan fingerprint density at radius 3 is 2.31 bits per heavy atom. The summed E-state index contributed by atoms with van der Waals surface area (Å²) in [6, 6.07) is 18.6. The number of hydrazine groups is 1. The van der Waals surface area contributed by atoms with Crippen LogP contribution < -0.4 is 16.2 Å². The van der Waals surface area contributed by atoms with Gasteiger partial charge in [-0.15, -0.1) is 0 Å². The van der Waals surface area contributed by atoms with Gasteiger partial charge in [0.15, 0.2) is 5.11 Å². The number of rotatable bonds is 3. The van der Waals surface area contributed by atoms with Crippen LogP contribution in [-0.2, 0) is 6.42 Å². The quantitative estimate of drug-likeness (QED) is 0.420. The standard InChI is InChI=1S/C20H19N3O2S/c1-2-13-7-9-16(10-8-13)21-20(26)23-22-19(25)17-11-14-5-3-4-6-15(14)12-18(17)24/h3-12,24H,2H2,1H3,(H,22,25)(H2,21,23,26). The number of carbonyl (C=O) groups excluding carboxylic acids is 1. The fourth-order valence-electron chi connectivity index (χ4n) is 2.58.